The van der Waals surface area contributed by atoms with Gasteiger partial charge in [0, 0.05) is 36.3 Å². The molecule has 1 aromatic heterocycles. The highest BCUT2D eigenvalue weighted by atomic mass is 35.5. The summed E-state index contributed by atoms with van der Waals surface area (Å²) < 4.78 is 0.747. The Morgan fingerprint density at radius 1 is 1.16 bits per heavy atom. The van der Waals surface area contributed by atoms with Crippen LogP contribution in [0.4, 0.5) is 0 Å². The number of thiophene rings is 1. The molecule has 3 aliphatic rings. The average molecular weight is 383 g/mol. The van der Waals surface area contributed by atoms with Crippen molar-refractivity contribution in [3.05, 3.63) is 21.3 Å². The molecule has 2 saturated heterocycles. The number of rotatable bonds is 3. The van der Waals surface area contributed by atoms with E-state index in [1.807, 2.05) is 12.1 Å². The van der Waals surface area contributed by atoms with Gasteiger partial charge in [-0.3, -0.25) is 9.59 Å². The van der Waals surface area contributed by atoms with Gasteiger partial charge in [-0.1, -0.05) is 11.6 Å². The van der Waals surface area contributed by atoms with Crippen molar-refractivity contribution < 1.29 is 14.7 Å². The van der Waals surface area contributed by atoms with Crippen molar-refractivity contribution in [2.45, 2.75) is 43.6 Å². The Hall–Kier alpha value is -1.11. The van der Waals surface area contributed by atoms with Crippen molar-refractivity contribution in [3.8, 4) is 0 Å². The van der Waals surface area contributed by atoms with E-state index in [1.54, 1.807) is 9.80 Å². The van der Waals surface area contributed by atoms with Crippen LogP contribution < -0.4 is 0 Å². The summed E-state index contributed by atoms with van der Waals surface area (Å²) in [5.74, 6) is 0.0926. The van der Waals surface area contributed by atoms with E-state index >= 15 is 0 Å². The highest BCUT2D eigenvalue weighted by Gasteiger charge is 2.50. The summed E-state index contributed by atoms with van der Waals surface area (Å²) in [4.78, 5) is 30.1. The van der Waals surface area contributed by atoms with Gasteiger partial charge in [0.25, 0.3) is 5.91 Å². The summed E-state index contributed by atoms with van der Waals surface area (Å²) in [5.41, 5.74) is -1.41. The van der Waals surface area contributed by atoms with Gasteiger partial charge in [-0.05, 0) is 44.2 Å². The molecule has 0 spiro atoms. The van der Waals surface area contributed by atoms with Crippen molar-refractivity contribution in [1.29, 1.82) is 0 Å². The number of hydrogen-bond donors (Lipinski definition) is 1. The summed E-state index contributed by atoms with van der Waals surface area (Å²) >= 11 is 7.52. The minimum absolute atomic E-state index is 0.0287. The molecule has 3 fully saturated rings. The van der Waals surface area contributed by atoms with E-state index in [0.29, 0.717) is 19.4 Å². The summed E-state index contributed by atoms with van der Waals surface area (Å²) in [6.07, 6.45) is 3.95. The van der Waals surface area contributed by atoms with Gasteiger partial charge in [-0.2, -0.15) is 0 Å². The van der Waals surface area contributed by atoms with Crippen LogP contribution in [0.15, 0.2) is 12.1 Å². The molecule has 5 nitrogen and oxygen atoms in total. The smallest absolute Gasteiger partial charge is 0.256 e. The van der Waals surface area contributed by atoms with E-state index in [0.717, 1.165) is 41.6 Å². The van der Waals surface area contributed by atoms with E-state index in [2.05, 4.69) is 0 Å². The zero-order valence-electron chi connectivity index (χ0n) is 14.1. The number of carbonyl (C=O) groups is 2. The Labute approximate surface area is 156 Å². The Morgan fingerprint density at radius 2 is 1.88 bits per heavy atom. The van der Waals surface area contributed by atoms with Crippen molar-refractivity contribution in [2.75, 3.05) is 26.2 Å². The number of nitrogens with zero attached hydrogens (tertiary/aromatic N) is 2. The first-order valence-electron chi connectivity index (χ1n) is 9.04. The number of amides is 2. The fourth-order valence-corrected chi connectivity index (χ4v) is 5.40. The lowest BCUT2D eigenvalue weighted by molar-refractivity contribution is -0.159. The predicted octanol–water partition coefficient (Wildman–Crippen LogP) is 2.48. The number of piperidine rings is 1. The molecule has 25 heavy (non-hydrogen) atoms. The van der Waals surface area contributed by atoms with E-state index in [9.17, 15) is 14.7 Å². The fourth-order valence-electron chi connectivity index (χ4n) is 4.16. The van der Waals surface area contributed by atoms with Gasteiger partial charge in [-0.15, -0.1) is 11.3 Å². The molecular formula is C18H23ClN2O3S. The normalized spacial score (nSPS) is 32.1. The molecular weight excluding hydrogens is 360 g/mol. The molecule has 4 rings (SSSR count). The Morgan fingerprint density at radius 3 is 2.56 bits per heavy atom. The number of carbonyl (C=O) groups excluding carboxylic acids is 2. The van der Waals surface area contributed by atoms with Gasteiger partial charge in [0.1, 0.15) is 0 Å². The Balaban J connectivity index is 1.41. The second-order valence-electron chi connectivity index (χ2n) is 7.48. The first-order chi connectivity index (χ1) is 12.0. The monoisotopic (exact) mass is 382 g/mol. The molecule has 136 valence electrons. The highest BCUT2D eigenvalue weighted by Crippen LogP contribution is 2.51. The first kappa shape index (κ1) is 17.3. The van der Waals surface area contributed by atoms with E-state index < -0.39 is 5.60 Å². The molecule has 3 atom stereocenters. The van der Waals surface area contributed by atoms with Gasteiger partial charge < -0.3 is 14.9 Å². The zero-order chi connectivity index (χ0) is 17.6. The fraction of sp³-hybridized carbons (Fsp3) is 0.667. The summed E-state index contributed by atoms with van der Waals surface area (Å²) in [6.45, 7) is 2.20. The molecule has 1 unspecified atom stereocenters. The topological polar surface area (TPSA) is 60.9 Å². The Kier molecular flexibility index (Phi) is 4.54. The van der Waals surface area contributed by atoms with Gasteiger partial charge >= 0.3 is 0 Å². The van der Waals surface area contributed by atoms with Gasteiger partial charge in [0.05, 0.1) is 10.9 Å². The number of likely N-dealkylation sites (tertiary alicyclic amines) is 2. The van der Waals surface area contributed by atoms with Crippen LogP contribution in [-0.2, 0) is 9.59 Å². The molecule has 3 heterocycles. The summed E-state index contributed by atoms with van der Waals surface area (Å²) in [7, 11) is 0. The quantitative estimate of drug-likeness (QED) is 0.873. The third-order valence-corrected chi connectivity index (χ3v) is 7.00. The minimum Gasteiger partial charge on any atom is -0.378 e. The molecule has 0 bridgehead atoms. The molecule has 1 N–H and O–H groups in total. The van der Waals surface area contributed by atoms with Crippen molar-refractivity contribution in [2.24, 2.45) is 5.92 Å². The number of aliphatic hydroxyl groups is 1. The third-order valence-electron chi connectivity index (χ3n) is 5.64. The predicted molar refractivity (Wildman–Crippen MR) is 96.8 cm³/mol. The van der Waals surface area contributed by atoms with Crippen LogP contribution in [-0.4, -0.2) is 58.5 Å². The van der Waals surface area contributed by atoms with Crippen LogP contribution in [0.2, 0.25) is 4.34 Å². The standard InChI is InChI=1S/C18H23ClN2O3S/c19-15-5-4-14(25-15)12-10-13(12)16(22)21-9-3-6-18(24,11-21)17(23)20-7-1-2-8-20/h4-5,12-13,24H,1-3,6-11H2/t12-,13-,18?/m1/s1. The number of hydrogen-bond acceptors (Lipinski definition) is 4. The Bertz CT molecular complexity index is 688. The van der Waals surface area contributed by atoms with Crippen molar-refractivity contribution >= 4 is 34.8 Å². The average Bonchev–Trinajstić information content (AvgIpc) is 3.00. The SMILES string of the molecule is O=C([C@@H]1C[C@H]1c1ccc(Cl)s1)N1CCCC(O)(C(=O)N2CCCC2)C1. The minimum atomic E-state index is -1.41. The lowest BCUT2D eigenvalue weighted by Crippen LogP contribution is -2.58. The second kappa shape index (κ2) is 6.56. The van der Waals surface area contributed by atoms with E-state index in [-0.39, 0.29) is 30.2 Å². The van der Waals surface area contributed by atoms with E-state index in [4.69, 9.17) is 11.6 Å². The largest absolute Gasteiger partial charge is 0.378 e. The number of halogens is 1. The summed E-state index contributed by atoms with van der Waals surface area (Å²) in [6, 6.07) is 3.87. The molecule has 1 saturated carbocycles. The molecule has 2 aliphatic heterocycles. The second-order valence-corrected chi connectivity index (χ2v) is 9.23. The van der Waals surface area contributed by atoms with Gasteiger partial charge in [-0.25, -0.2) is 0 Å². The summed E-state index contributed by atoms with van der Waals surface area (Å²) in [5, 5.41) is 10.9. The maximum absolute atomic E-state index is 12.8. The van der Waals surface area contributed by atoms with Gasteiger partial charge in [0.2, 0.25) is 5.91 Å². The molecule has 7 heteroatoms. The molecule has 1 aliphatic carbocycles. The van der Waals surface area contributed by atoms with Crippen molar-refractivity contribution in [3.63, 3.8) is 0 Å². The van der Waals surface area contributed by atoms with Crippen LogP contribution in [0.25, 0.3) is 0 Å². The van der Waals surface area contributed by atoms with Crippen LogP contribution in [0.3, 0.4) is 0 Å². The maximum atomic E-state index is 12.8. The van der Waals surface area contributed by atoms with Crippen LogP contribution in [0, 0.1) is 5.92 Å². The maximum Gasteiger partial charge on any atom is 0.256 e. The van der Waals surface area contributed by atoms with Crippen molar-refractivity contribution in [1.82, 2.24) is 9.80 Å². The number of β-amino-alcohol motifs (C(OH)–C–C–N with tert-alkyl or cyclic N) is 1. The highest BCUT2D eigenvalue weighted by molar-refractivity contribution is 7.16. The molecule has 0 radical (unpaired) electrons. The lowest BCUT2D eigenvalue weighted by Gasteiger charge is -2.40. The molecule has 2 amide bonds. The van der Waals surface area contributed by atoms with Crippen LogP contribution >= 0.6 is 22.9 Å². The molecule has 0 aromatic carbocycles. The van der Waals surface area contributed by atoms with Crippen LogP contribution in [0.1, 0.15) is 42.9 Å². The lowest BCUT2D eigenvalue weighted by atomic mass is 9.91. The first-order valence-corrected chi connectivity index (χ1v) is 10.2. The zero-order valence-corrected chi connectivity index (χ0v) is 15.7. The van der Waals surface area contributed by atoms with E-state index in [1.165, 1.54) is 11.3 Å². The van der Waals surface area contributed by atoms with Gasteiger partial charge in [0.15, 0.2) is 5.60 Å². The third kappa shape index (κ3) is 3.32. The van der Waals surface area contributed by atoms with Crippen LogP contribution in [0.5, 0.6) is 0 Å². The molecule has 1 aromatic rings.